The number of carbonyl (C=O) groups excluding carboxylic acids is 2. The maximum atomic E-state index is 14.3. The van der Waals surface area contributed by atoms with Gasteiger partial charge in [0.05, 0.1) is 18.8 Å². The molecule has 29 heavy (non-hydrogen) atoms. The van der Waals surface area contributed by atoms with Crippen LogP contribution in [0.3, 0.4) is 0 Å². The summed E-state index contributed by atoms with van der Waals surface area (Å²) in [6, 6.07) is 3.06. The first-order valence-electron chi connectivity index (χ1n) is 9.68. The van der Waals surface area contributed by atoms with E-state index in [2.05, 4.69) is 0 Å². The van der Waals surface area contributed by atoms with Gasteiger partial charge in [0.25, 0.3) is 5.91 Å². The highest BCUT2D eigenvalue weighted by molar-refractivity contribution is 7.89. The normalized spacial score (nSPS) is 19.6. The van der Waals surface area contributed by atoms with Crippen LogP contribution >= 0.6 is 0 Å². The van der Waals surface area contributed by atoms with Crippen LogP contribution < -0.4 is 0 Å². The van der Waals surface area contributed by atoms with E-state index in [1.54, 1.807) is 4.90 Å². The summed E-state index contributed by atoms with van der Waals surface area (Å²) in [4.78, 5) is 25.8. The van der Waals surface area contributed by atoms with Gasteiger partial charge in [-0.15, -0.1) is 0 Å². The number of amides is 1. The number of rotatable bonds is 5. The second kappa shape index (κ2) is 9.19. The Kier molecular flexibility index (Phi) is 6.86. The third kappa shape index (κ3) is 4.93. The molecule has 2 fully saturated rings. The zero-order chi connectivity index (χ0) is 21.0. The Morgan fingerprint density at radius 3 is 2.41 bits per heavy atom. The number of halogens is 1. The molecule has 1 aromatic carbocycles. The highest BCUT2D eigenvalue weighted by Crippen LogP contribution is 2.24. The van der Waals surface area contributed by atoms with Crippen molar-refractivity contribution in [1.82, 2.24) is 9.21 Å². The zero-order valence-electron chi connectivity index (χ0n) is 16.3. The quantitative estimate of drug-likeness (QED) is 0.659. The molecule has 0 aromatic heterocycles. The van der Waals surface area contributed by atoms with Crippen LogP contribution in [0.15, 0.2) is 23.1 Å². The molecule has 3 rings (SSSR count). The summed E-state index contributed by atoms with van der Waals surface area (Å²) in [6.07, 6.45) is 1.30. The van der Waals surface area contributed by atoms with E-state index in [1.807, 2.05) is 0 Å². The van der Waals surface area contributed by atoms with E-state index < -0.39 is 32.8 Å². The molecule has 0 radical (unpaired) electrons. The van der Waals surface area contributed by atoms with Crippen molar-refractivity contribution in [2.45, 2.75) is 37.2 Å². The summed E-state index contributed by atoms with van der Waals surface area (Å²) in [5, 5.41) is 0. The maximum Gasteiger partial charge on any atom is 0.338 e. The fourth-order valence-corrected chi connectivity index (χ4v) is 5.00. The van der Waals surface area contributed by atoms with Crippen LogP contribution in [0.4, 0.5) is 4.39 Å². The van der Waals surface area contributed by atoms with Crippen LogP contribution in [0.2, 0.25) is 0 Å². The topological polar surface area (TPSA) is 93.2 Å². The number of hydrogen-bond acceptors (Lipinski definition) is 6. The number of nitrogens with zero attached hydrogens (tertiary/aromatic N) is 2. The largest absolute Gasteiger partial charge is 0.449 e. The van der Waals surface area contributed by atoms with Gasteiger partial charge < -0.3 is 14.4 Å². The fraction of sp³-hybridized carbons (Fsp3) is 0.579. The molecule has 0 bridgehead atoms. The summed E-state index contributed by atoms with van der Waals surface area (Å²) >= 11 is 0. The molecule has 1 amide bonds. The predicted molar refractivity (Wildman–Crippen MR) is 101 cm³/mol. The zero-order valence-corrected chi connectivity index (χ0v) is 17.1. The number of hydrogen-bond donors (Lipinski definition) is 0. The molecule has 1 unspecified atom stereocenters. The van der Waals surface area contributed by atoms with E-state index in [0.29, 0.717) is 52.2 Å². The summed E-state index contributed by atoms with van der Waals surface area (Å²) < 4.78 is 51.5. The monoisotopic (exact) mass is 428 g/mol. The molecule has 0 aliphatic carbocycles. The molecule has 2 aliphatic heterocycles. The molecule has 1 atom stereocenters. The molecule has 8 nitrogen and oxygen atoms in total. The third-order valence-corrected chi connectivity index (χ3v) is 6.97. The first-order chi connectivity index (χ1) is 13.8. The van der Waals surface area contributed by atoms with Gasteiger partial charge in [0.15, 0.2) is 6.10 Å². The van der Waals surface area contributed by atoms with E-state index >= 15 is 0 Å². The second-order valence-corrected chi connectivity index (χ2v) is 9.00. The van der Waals surface area contributed by atoms with Crippen molar-refractivity contribution in [1.29, 1.82) is 0 Å². The number of ether oxygens (including phenoxy) is 2. The second-order valence-electron chi connectivity index (χ2n) is 7.10. The van der Waals surface area contributed by atoms with Crippen molar-refractivity contribution < 1.29 is 31.9 Å². The molecular weight excluding hydrogens is 403 g/mol. The molecule has 0 saturated carbocycles. The minimum Gasteiger partial charge on any atom is -0.449 e. The highest BCUT2D eigenvalue weighted by Gasteiger charge is 2.31. The van der Waals surface area contributed by atoms with Gasteiger partial charge in [-0.3, -0.25) is 4.79 Å². The van der Waals surface area contributed by atoms with Gasteiger partial charge in [0.2, 0.25) is 10.0 Å². The van der Waals surface area contributed by atoms with Crippen LogP contribution in [0.5, 0.6) is 0 Å². The standard InChI is InChI=1S/C19H25FN2O6S/c1-14(18(23)21-9-11-27-12-10-21)28-19(24)15-5-6-16(20)17(13-15)29(25,26)22-7-3-2-4-8-22/h5-6,13-14H,2-4,7-12H2,1H3. The maximum absolute atomic E-state index is 14.3. The lowest BCUT2D eigenvalue weighted by molar-refractivity contribution is -0.143. The Labute approximate surface area is 169 Å². The van der Waals surface area contributed by atoms with Gasteiger partial charge in [-0.05, 0) is 38.0 Å². The Morgan fingerprint density at radius 2 is 1.76 bits per heavy atom. The summed E-state index contributed by atoms with van der Waals surface area (Å²) in [6.45, 7) is 3.75. The van der Waals surface area contributed by atoms with E-state index in [9.17, 15) is 22.4 Å². The average molecular weight is 428 g/mol. The van der Waals surface area contributed by atoms with E-state index in [1.165, 1.54) is 11.2 Å². The van der Waals surface area contributed by atoms with Crippen molar-refractivity contribution in [3.05, 3.63) is 29.6 Å². The van der Waals surface area contributed by atoms with Crippen molar-refractivity contribution in [2.75, 3.05) is 39.4 Å². The van der Waals surface area contributed by atoms with E-state index in [0.717, 1.165) is 24.6 Å². The van der Waals surface area contributed by atoms with Gasteiger partial charge in [0.1, 0.15) is 10.7 Å². The lowest BCUT2D eigenvalue weighted by atomic mass is 10.2. The number of morpholine rings is 1. The molecule has 1 aromatic rings. The number of piperidine rings is 1. The van der Waals surface area contributed by atoms with Crippen LogP contribution in [0, 0.1) is 5.82 Å². The number of carbonyl (C=O) groups is 2. The van der Waals surface area contributed by atoms with E-state index in [-0.39, 0.29) is 11.5 Å². The SMILES string of the molecule is CC(OC(=O)c1ccc(F)c(S(=O)(=O)N2CCCCC2)c1)C(=O)N1CCOCC1. The van der Waals surface area contributed by atoms with Crippen molar-refractivity contribution in [3.63, 3.8) is 0 Å². The van der Waals surface area contributed by atoms with Crippen LogP contribution in [-0.2, 0) is 24.3 Å². The molecule has 0 spiro atoms. The molecule has 0 N–H and O–H groups in total. The smallest absolute Gasteiger partial charge is 0.338 e. The Hall–Kier alpha value is -2.04. The van der Waals surface area contributed by atoms with Crippen molar-refractivity contribution in [3.8, 4) is 0 Å². The molecule has 2 heterocycles. The molecule has 2 aliphatic rings. The first kappa shape index (κ1) is 21.7. The number of benzene rings is 1. The molecule has 160 valence electrons. The number of esters is 1. The van der Waals surface area contributed by atoms with Crippen molar-refractivity contribution >= 4 is 21.9 Å². The van der Waals surface area contributed by atoms with E-state index in [4.69, 9.17) is 9.47 Å². The first-order valence-corrected chi connectivity index (χ1v) is 11.1. The fourth-order valence-electron chi connectivity index (χ4n) is 3.39. The van der Waals surface area contributed by atoms with Gasteiger partial charge in [-0.1, -0.05) is 6.42 Å². The average Bonchev–Trinajstić information content (AvgIpc) is 2.74. The van der Waals surface area contributed by atoms with Gasteiger partial charge in [-0.25, -0.2) is 17.6 Å². The Balaban J connectivity index is 1.74. The molecule has 2 saturated heterocycles. The molecular formula is C19H25FN2O6S. The minimum atomic E-state index is -4.05. The third-order valence-electron chi connectivity index (χ3n) is 5.05. The van der Waals surface area contributed by atoms with Gasteiger partial charge in [0, 0.05) is 26.2 Å². The van der Waals surface area contributed by atoms with Crippen LogP contribution in [0.1, 0.15) is 36.5 Å². The van der Waals surface area contributed by atoms with Gasteiger partial charge >= 0.3 is 5.97 Å². The predicted octanol–water partition coefficient (Wildman–Crippen LogP) is 1.40. The Morgan fingerprint density at radius 1 is 1.10 bits per heavy atom. The summed E-state index contributed by atoms with van der Waals surface area (Å²) in [5.74, 6) is -2.16. The highest BCUT2D eigenvalue weighted by atomic mass is 32.2. The minimum absolute atomic E-state index is 0.122. The van der Waals surface area contributed by atoms with Crippen LogP contribution in [0.25, 0.3) is 0 Å². The summed E-state index contributed by atoms with van der Waals surface area (Å²) in [5.41, 5.74) is -0.122. The lowest BCUT2D eigenvalue weighted by Crippen LogP contribution is -2.46. The van der Waals surface area contributed by atoms with Crippen LogP contribution in [-0.4, -0.2) is 75.0 Å². The summed E-state index contributed by atoms with van der Waals surface area (Å²) in [7, 11) is -4.05. The lowest BCUT2D eigenvalue weighted by Gasteiger charge is -2.29. The molecule has 10 heteroatoms. The van der Waals surface area contributed by atoms with Gasteiger partial charge in [-0.2, -0.15) is 4.31 Å². The Bertz CT molecular complexity index is 863. The van der Waals surface area contributed by atoms with Crippen molar-refractivity contribution in [2.24, 2.45) is 0 Å². The number of sulfonamides is 1.